The van der Waals surface area contributed by atoms with Crippen LogP contribution < -0.4 is 0 Å². The van der Waals surface area contributed by atoms with Crippen molar-refractivity contribution in [2.45, 2.75) is 59.1 Å². The average Bonchev–Trinajstić information content (AvgIpc) is 2.30. The van der Waals surface area contributed by atoms with E-state index in [2.05, 4.69) is 51.6 Å². The van der Waals surface area contributed by atoms with Crippen LogP contribution in [0.5, 0.6) is 0 Å². The summed E-state index contributed by atoms with van der Waals surface area (Å²) in [4.78, 5) is 4.77. The number of aliphatic hydroxyl groups excluding tert-OH is 1. The molecule has 1 rings (SSSR count). The molecule has 19 heavy (non-hydrogen) atoms. The number of likely N-dealkylation sites (N-methyl/N-ethyl adjacent to an activating group) is 2. The smallest absolute Gasteiger partial charge is 0.0631 e. The predicted molar refractivity (Wildman–Crippen MR) is 82.4 cm³/mol. The van der Waals surface area contributed by atoms with E-state index in [0.29, 0.717) is 12.0 Å². The summed E-state index contributed by atoms with van der Waals surface area (Å²) >= 11 is 0. The van der Waals surface area contributed by atoms with E-state index in [-0.39, 0.29) is 11.5 Å². The van der Waals surface area contributed by atoms with Crippen LogP contribution in [0, 0.1) is 11.3 Å². The highest BCUT2D eigenvalue weighted by atomic mass is 16.3. The van der Waals surface area contributed by atoms with Gasteiger partial charge in [0.05, 0.1) is 6.10 Å². The molecule has 0 heterocycles. The maximum Gasteiger partial charge on any atom is 0.0631 e. The third kappa shape index (κ3) is 4.73. The minimum atomic E-state index is -0.151. The van der Waals surface area contributed by atoms with Crippen molar-refractivity contribution in [2.24, 2.45) is 11.3 Å². The molecule has 0 aromatic carbocycles. The van der Waals surface area contributed by atoms with Crippen molar-refractivity contribution >= 4 is 0 Å². The minimum Gasteiger partial charge on any atom is -0.392 e. The Bertz CT molecular complexity index is 265. The normalized spacial score (nSPS) is 28.9. The molecule has 1 fully saturated rings. The van der Waals surface area contributed by atoms with Crippen molar-refractivity contribution in [3.63, 3.8) is 0 Å². The Morgan fingerprint density at radius 2 is 1.95 bits per heavy atom. The lowest BCUT2D eigenvalue weighted by molar-refractivity contribution is -0.0464. The van der Waals surface area contributed by atoms with E-state index in [1.54, 1.807) is 0 Å². The number of rotatable bonds is 6. The predicted octanol–water partition coefficient (Wildman–Crippen LogP) is 2.45. The van der Waals surface area contributed by atoms with Gasteiger partial charge in [0, 0.05) is 19.1 Å². The molecule has 1 saturated carbocycles. The molecule has 0 saturated heterocycles. The summed E-state index contributed by atoms with van der Waals surface area (Å²) in [6.45, 7) is 12.1. The van der Waals surface area contributed by atoms with Crippen molar-refractivity contribution in [3.8, 4) is 0 Å². The fraction of sp³-hybridized carbons (Fsp3) is 1.00. The van der Waals surface area contributed by atoms with Crippen molar-refractivity contribution in [3.05, 3.63) is 0 Å². The number of hydrogen-bond acceptors (Lipinski definition) is 3. The summed E-state index contributed by atoms with van der Waals surface area (Å²) in [5.74, 6) is 0.438. The van der Waals surface area contributed by atoms with Crippen LogP contribution in [0.3, 0.4) is 0 Å². The lowest BCUT2D eigenvalue weighted by Gasteiger charge is -2.43. The van der Waals surface area contributed by atoms with Gasteiger partial charge in [0.2, 0.25) is 0 Å². The Morgan fingerprint density at radius 3 is 2.47 bits per heavy atom. The molecule has 1 N–H and O–H groups in total. The highest BCUT2D eigenvalue weighted by molar-refractivity contribution is 4.90. The van der Waals surface area contributed by atoms with Crippen LogP contribution in [0.4, 0.5) is 0 Å². The largest absolute Gasteiger partial charge is 0.392 e. The van der Waals surface area contributed by atoms with Gasteiger partial charge in [-0.2, -0.15) is 0 Å². The topological polar surface area (TPSA) is 26.7 Å². The summed E-state index contributed by atoms with van der Waals surface area (Å²) < 4.78 is 0. The second-order valence-corrected chi connectivity index (χ2v) is 7.28. The summed E-state index contributed by atoms with van der Waals surface area (Å²) in [6, 6.07) is 0.553. The molecule has 3 atom stereocenters. The first-order chi connectivity index (χ1) is 8.77. The Kier molecular flexibility index (Phi) is 6.28. The van der Waals surface area contributed by atoms with Gasteiger partial charge in [-0.25, -0.2) is 0 Å². The van der Waals surface area contributed by atoms with Gasteiger partial charge in [0.15, 0.2) is 0 Å². The zero-order chi connectivity index (χ0) is 14.6. The van der Waals surface area contributed by atoms with E-state index < -0.39 is 0 Å². The number of nitrogens with zero attached hydrogens (tertiary/aromatic N) is 2. The third-order valence-corrected chi connectivity index (χ3v) is 4.77. The zero-order valence-corrected chi connectivity index (χ0v) is 13.8. The molecule has 0 radical (unpaired) electrons. The molecule has 0 amide bonds. The van der Waals surface area contributed by atoms with Crippen LogP contribution in [0.15, 0.2) is 0 Å². The maximum absolute atomic E-state index is 10.6. The molecule has 3 heteroatoms. The first-order valence-electron chi connectivity index (χ1n) is 7.84. The molecule has 0 spiro atoms. The average molecular weight is 270 g/mol. The molecule has 1 aliphatic carbocycles. The molecule has 0 aromatic rings. The Balaban J connectivity index is 2.59. The quantitative estimate of drug-likeness (QED) is 0.803. The number of hydrogen-bond donors (Lipinski definition) is 1. The van der Waals surface area contributed by atoms with Gasteiger partial charge in [0.25, 0.3) is 0 Å². The van der Waals surface area contributed by atoms with E-state index in [1.807, 2.05) is 0 Å². The van der Waals surface area contributed by atoms with Crippen LogP contribution in [0.25, 0.3) is 0 Å². The zero-order valence-electron chi connectivity index (χ0n) is 13.8. The van der Waals surface area contributed by atoms with Crippen molar-refractivity contribution in [2.75, 3.05) is 33.7 Å². The van der Waals surface area contributed by atoms with Gasteiger partial charge < -0.3 is 10.0 Å². The van der Waals surface area contributed by atoms with Crippen molar-refractivity contribution in [1.82, 2.24) is 9.80 Å². The second kappa shape index (κ2) is 7.05. The van der Waals surface area contributed by atoms with Gasteiger partial charge >= 0.3 is 0 Å². The lowest BCUT2D eigenvalue weighted by atomic mass is 9.69. The summed E-state index contributed by atoms with van der Waals surface area (Å²) in [5.41, 5.74) is 0.0904. The summed E-state index contributed by atoms with van der Waals surface area (Å²) in [5, 5.41) is 10.6. The highest BCUT2D eigenvalue weighted by Gasteiger charge is 2.38. The van der Waals surface area contributed by atoms with Gasteiger partial charge in [-0.3, -0.25) is 4.90 Å². The molecule has 3 nitrogen and oxygen atoms in total. The van der Waals surface area contributed by atoms with Crippen LogP contribution in [-0.4, -0.2) is 60.8 Å². The van der Waals surface area contributed by atoms with Crippen molar-refractivity contribution < 1.29 is 5.11 Å². The molecule has 0 aromatic heterocycles. The monoisotopic (exact) mass is 270 g/mol. The van der Waals surface area contributed by atoms with Gasteiger partial charge in [0.1, 0.15) is 0 Å². The van der Waals surface area contributed by atoms with Gasteiger partial charge in [-0.15, -0.1) is 0 Å². The molecule has 0 aliphatic heterocycles. The van der Waals surface area contributed by atoms with Gasteiger partial charge in [-0.1, -0.05) is 27.2 Å². The lowest BCUT2D eigenvalue weighted by Crippen LogP contribution is -2.48. The fourth-order valence-corrected chi connectivity index (χ4v) is 3.52. The Hall–Kier alpha value is -0.120. The second-order valence-electron chi connectivity index (χ2n) is 7.28. The summed E-state index contributed by atoms with van der Waals surface area (Å²) in [7, 11) is 4.26. The van der Waals surface area contributed by atoms with Crippen molar-refractivity contribution in [1.29, 1.82) is 0 Å². The molecule has 1 aliphatic rings. The highest BCUT2D eigenvalue weighted by Crippen LogP contribution is 2.39. The van der Waals surface area contributed by atoms with E-state index in [9.17, 15) is 5.11 Å². The standard InChI is InChI=1S/C16H34N2O/c1-7-18(13(2)11-17(5)6)12-14-9-8-10-16(3,4)15(14)19/h13-15,19H,7-12H2,1-6H3. The van der Waals surface area contributed by atoms with Gasteiger partial charge in [-0.05, 0) is 51.7 Å². The Labute approximate surface area is 120 Å². The van der Waals surface area contributed by atoms with Crippen LogP contribution in [0.1, 0.15) is 47.0 Å². The molecule has 114 valence electrons. The maximum atomic E-state index is 10.6. The van der Waals surface area contributed by atoms with Crippen LogP contribution >= 0.6 is 0 Å². The minimum absolute atomic E-state index is 0.0904. The first kappa shape index (κ1) is 16.9. The van der Waals surface area contributed by atoms with E-state index in [1.165, 1.54) is 12.8 Å². The Morgan fingerprint density at radius 1 is 1.32 bits per heavy atom. The van der Waals surface area contributed by atoms with E-state index in [0.717, 1.165) is 26.1 Å². The molecular formula is C16H34N2O. The van der Waals surface area contributed by atoms with Crippen LogP contribution in [-0.2, 0) is 0 Å². The third-order valence-electron chi connectivity index (χ3n) is 4.77. The van der Waals surface area contributed by atoms with Crippen LogP contribution in [0.2, 0.25) is 0 Å². The fourth-order valence-electron chi connectivity index (χ4n) is 3.52. The SMILES string of the molecule is CCN(CC1CCCC(C)(C)C1O)C(C)CN(C)C. The molecule has 0 bridgehead atoms. The van der Waals surface area contributed by atoms with E-state index in [4.69, 9.17) is 0 Å². The van der Waals surface area contributed by atoms with E-state index >= 15 is 0 Å². The molecular weight excluding hydrogens is 236 g/mol. The number of aliphatic hydroxyl groups is 1. The summed E-state index contributed by atoms with van der Waals surface area (Å²) in [6.07, 6.45) is 3.44. The molecule has 3 unspecified atom stereocenters. The first-order valence-corrected chi connectivity index (χ1v) is 7.84.